The molecule has 1 atom stereocenters. The highest BCUT2D eigenvalue weighted by Gasteiger charge is 2.32. The van der Waals surface area contributed by atoms with E-state index in [9.17, 15) is 26.0 Å². The number of nitrogens with one attached hydrogen (secondary N) is 1. The zero-order valence-corrected chi connectivity index (χ0v) is 14.7. The van der Waals surface area contributed by atoms with Crippen molar-refractivity contribution in [3.8, 4) is 0 Å². The quantitative estimate of drug-likeness (QED) is 0.453. The summed E-state index contributed by atoms with van der Waals surface area (Å²) in [5, 5.41) is 0. The van der Waals surface area contributed by atoms with Gasteiger partial charge in [0.15, 0.2) is 0 Å². The summed E-state index contributed by atoms with van der Waals surface area (Å²) in [5.74, 6) is -0.752. The highest BCUT2D eigenvalue weighted by atomic mass is 32.2. The normalized spacial score (nSPS) is 15.2. The molecule has 0 unspecified atom stereocenters. The predicted octanol–water partition coefficient (Wildman–Crippen LogP) is 4.41. The molecule has 0 saturated carbocycles. The van der Waals surface area contributed by atoms with E-state index in [4.69, 9.17) is 0 Å². The number of benzene rings is 1. The summed E-state index contributed by atoms with van der Waals surface area (Å²) >= 11 is 0. The van der Waals surface area contributed by atoms with Crippen molar-refractivity contribution in [1.29, 1.82) is 0 Å². The van der Waals surface area contributed by atoms with Crippen LogP contribution in [0.1, 0.15) is 36.6 Å². The lowest BCUT2D eigenvalue weighted by Gasteiger charge is -2.17. The SMILES string of the molecule is C=N/C=C(\C=C(/C)F)S(=O)(=O)N[C@@H](C)c1ccc(C(F)(F)F)c(C)c1. The molecule has 0 aliphatic rings. The minimum atomic E-state index is -4.49. The molecule has 0 aromatic heterocycles. The highest BCUT2D eigenvalue weighted by molar-refractivity contribution is 7.93. The van der Waals surface area contributed by atoms with Crippen molar-refractivity contribution >= 4 is 16.7 Å². The third kappa shape index (κ3) is 5.79. The molecule has 9 heteroatoms. The summed E-state index contributed by atoms with van der Waals surface area (Å²) in [6, 6.07) is 2.49. The molecular weight excluding hydrogens is 360 g/mol. The van der Waals surface area contributed by atoms with Gasteiger partial charge in [0.1, 0.15) is 4.91 Å². The van der Waals surface area contributed by atoms with Gasteiger partial charge in [0.25, 0.3) is 0 Å². The van der Waals surface area contributed by atoms with Gasteiger partial charge in [-0.3, -0.25) is 4.99 Å². The Labute approximate surface area is 144 Å². The summed E-state index contributed by atoms with van der Waals surface area (Å²) in [5.41, 5.74) is -0.487. The Kier molecular flexibility index (Phi) is 6.67. The van der Waals surface area contributed by atoms with Crippen molar-refractivity contribution in [2.24, 2.45) is 4.99 Å². The van der Waals surface area contributed by atoms with Crippen LogP contribution >= 0.6 is 0 Å². The first-order valence-corrected chi connectivity index (χ1v) is 8.56. The van der Waals surface area contributed by atoms with E-state index in [-0.39, 0.29) is 5.56 Å². The third-order valence-corrected chi connectivity index (χ3v) is 4.77. The molecule has 0 aliphatic heterocycles. The largest absolute Gasteiger partial charge is 0.416 e. The van der Waals surface area contributed by atoms with Crippen LogP contribution in [0.25, 0.3) is 0 Å². The Balaban J connectivity index is 3.15. The van der Waals surface area contributed by atoms with Crippen LogP contribution in [0.3, 0.4) is 0 Å². The molecule has 1 rings (SSSR count). The van der Waals surface area contributed by atoms with Crippen LogP contribution in [0.15, 0.2) is 46.2 Å². The van der Waals surface area contributed by atoms with Crippen molar-refractivity contribution in [1.82, 2.24) is 4.72 Å². The minimum Gasteiger partial charge on any atom is -0.271 e. The molecule has 1 aromatic rings. The standard InChI is InChI=1S/C16H18F4N2O2S/c1-10-7-13(5-6-15(10)16(18,19)20)12(3)22-25(23,24)14(9-21-4)8-11(2)17/h5-9,12,22H,4H2,1-3H3/b11-8+,14-9+/t12-/m0/s1. The second kappa shape index (κ2) is 7.92. The van der Waals surface area contributed by atoms with Crippen molar-refractivity contribution in [3.63, 3.8) is 0 Å². The Morgan fingerprint density at radius 2 is 1.96 bits per heavy atom. The number of rotatable bonds is 6. The highest BCUT2D eigenvalue weighted by Crippen LogP contribution is 2.33. The number of hydrogen-bond donors (Lipinski definition) is 1. The van der Waals surface area contributed by atoms with Gasteiger partial charge < -0.3 is 0 Å². The van der Waals surface area contributed by atoms with Gasteiger partial charge >= 0.3 is 6.18 Å². The molecule has 0 radical (unpaired) electrons. The number of nitrogens with zero attached hydrogens (tertiary/aromatic N) is 1. The number of sulfonamides is 1. The van der Waals surface area contributed by atoms with E-state index in [2.05, 4.69) is 16.4 Å². The number of hydrogen-bond acceptors (Lipinski definition) is 3. The van der Waals surface area contributed by atoms with Crippen molar-refractivity contribution in [2.45, 2.75) is 33.0 Å². The monoisotopic (exact) mass is 378 g/mol. The zero-order chi connectivity index (χ0) is 19.4. The van der Waals surface area contributed by atoms with Crippen LogP contribution < -0.4 is 4.72 Å². The first-order valence-electron chi connectivity index (χ1n) is 7.08. The van der Waals surface area contributed by atoms with E-state index >= 15 is 0 Å². The first-order chi connectivity index (χ1) is 11.4. The van der Waals surface area contributed by atoms with Gasteiger partial charge in [-0.15, -0.1) is 0 Å². The molecule has 4 nitrogen and oxygen atoms in total. The molecule has 1 N–H and O–H groups in total. The summed E-state index contributed by atoms with van der Waals surface area (Å²) in [7, 11) is -4.14. The number of allylic oxidation sites excluding steroid dienone is 2. The summed E-state index contributed by atoms with van der Waals surface area (Å²) in [6.45, 7) is 6.94. The van der Waals surface area contributed by atoms with Crippen LogP contribution in [0.5, 0.6) is 0 Å². The van der Waals surface area contributed by atoms with Gasteiger partial charge in [0, 0.05) is 12.2 Å². The van der Waals surface area contributed by atoms with E-state index in [1.807, 2.05) is 0 Å². The molecule has 138 valence electrons. The van der Waals surface area contributed by atoms with Crippen LogP contribution in [0.2, 0.25) is 0 Å². The number of alkyl halides is 3. The molecule has 1 aromatic carbocycles. The summed E-state index contributed by atoms with van der Waals surface area (Å²) < 4.78 is 78.3. The van der Waals surface area contributed by atoms with Gasteiger partial charge in [0.05, 0.1) is 11.4 Å². The fraction of sp³-hybridized carbons (Fsp3) is 0.312. The van der Waals surface area contributed by atoms with Crippen LogP contribution in [-0.4, -0.2) is 15.1 Å². The average Bonchev–Trinajstić information content (AvgIpc) is 2.44. The first kappa shape index (κ1) is 21.0. The van der Waals surface area contributed by atoms with Crippen LogP contribution in [-0.2, 0) is 16.2 Å². The van der Waals surface area contributed by atoms with E-state index in [1.165, 1.54) is 26.0 Å². The molecule has 0 spiro atoms. The summed E-state index contributed by atoms with van der Waals surface area (Å²) in [4.78, 5) is 2.87. The van der Waals surface area contributed by atoms with E-state index < -0.39 is 38.5 Å². The molecule has 25 heavy (non-hydrogen) atoms. The van der Waals surface area contributed by atoms with E-state index in [0.717, 1.165) is 25.3 Å². The smallest absolute Gasteiger partial charge is 0.271 e. The number of halogens is 4. The zero-order valence-electron chi connectivity index (χ0n) is 13.9. The van der Waals surface area contributed by atoms with Gasteiger partial charge in [-0.05, 0) is 50.8 Å². The van der Waals surface area contributed by atoms with Crippen LogP contribution in [0.4, 0.5) is 17.6 Å². The maximum Gasteiger partial charge on any atom is 0.416 e. The Hall–Kier alpha value is -2.00. The number of aryl methyl sites for hydroxylation is 1. The van der Waals surface area contributed by atoms with Gasteiger partial charge in [0.2, 0.25) is 10.0 Å². The average molecular weight is 378 g/mol. The second-order valence-electron chi connectivity index (χ2n) is 5.36. The van der Waals surface area contributed by atoms with Crippen LogP contribution in [0, 0.1) is 6.92 Å². The molecular formula is C16H18F4N2O2S. The second-order valence-corrected chi connectivity index (χ2v) is 7.07. The van der Waals surface area contributed by atoms with E-state index in [0.29, 0.717) is 5.56 Å². The maximum atomic E-state index is 13.0. The van der Waals surface area contributed by atoms with Gasteiger partial charge in [-0.1, -0.05) is 12.1 Å². The van der Waals surface area contributed by atoms with E-state index in [1.54, 1.807) is 0 Å². The van der Waals surface area contributed by atoms with Crippen molar-refractivity contribution < 1.29 is 26.0 Å². The maximum absolute atomic E-state index is 13.0. The Morgan fingerprint density at radius 1 is 1.36 bits per heavy atom. The summed E-state index contributed by atoms with van der Waals surface area (Å²) in [6.07, 6.45) is -2.85. The fourth-order valence-electron chi connectivity index (χ4n) is 2.11. The fourth-order valence-corrected chi connectivity index (χ4v) is 3.38. The topological polar surface area (TPSA) is 58.5 Å². The van der Waals surface area contributed by atoms with Crippen molar-refractivity contribution in [3.05, 3.63) is 57.9 Å². The molecule has 0 bridgehead atoms. The Bertz CT molecular complexity index is 808. The lowest BCUT2D eigenvalue weighted by molar-refractivity contribution is -0.138. The molecule has 0 heterocycles. The van der Waals surface area contributed by atoms with Gasteiger partial charge in [-0.2, -0.15) is 13.2 Å². The minimum absolute atomic E-state index is 0.0286. The lowest BCUT2D eigenvalue weighted by Crippen LogP contribution is -2.27. The molecule has 0 amide bonds. The number of aliphatic imine (C=N–C) groups is 1. The van der Waals surface area contributed by atoms with Gasteiger partial charge in [-0.25, -0.2) is 17.5 Å². The molecule has 0 saturated heterocycles. The molecule has 0 aliphatic carbocycles. The Morgan fingerprint density at radius 3 is 2.40 bits per heavy atom. The molecule has 0 fully saturated rings. The predicted molar refractivity (Wildman–Crippen MR) is 89.1 cm³/mol. The van der Waals surface area contributed by atoms with Crippen molar-refractivity contribution in [2.75, 3.05) is 0 Å². The third-order valence-electron chi connectivity index (χ3n) is 3.26. The lowest BCUT2D eigenvalue weighted by atomic mass is 10.0.